The molecule has 0 bridgehead atoms. The van der Waals surface area contributed by atoms with Crippen molar-refractivity contribution < 1.29 is 22.6 Å². The highest BCUT2D eigenvalue weighted by molar-refractivity contribution is 14.0. The quantitative estimate of drug-likeness (QED) is 0.207. The standard InChI is InChI=1S/C19H25F3N4O2S.HI/c1-13-5-6-14(15(9-13)28-8-4-7-27-3)10-24-18(23-2)25-11-17-26-16(12-29-17)19(20,21)22;/h5-6,9,12H,4,7-8,10-11H2,1-3H3,(H2,23,24,25);1H. The van der Waals surface area contributed by atoms with E-state index in [1.165, 1.54) is 0 Å². The molecule has 0 saturated heterocycles. The van der Waals surface area contributed by atoms with Crippen LogP contribution in [-0.2, 0) is 24.0 Å². The number of nitrogens with one attached hydrogen (secondary N) is 2. The summed E-state index contributed by atoms with van der Waals surface area (Å²) in [6.07, 6.45) is -3.64. The summed E-state index contributed by atoms with van der Waals surface area (Å²) in [5.41, 5.74) is 1.16. The number of aryl methyl sites for hydroxylation is 1. The summed E-state index contributed by atoms with van der Waals surface area (Å²) >= 11 is 0.954. The molecule has 0 aliphatic rings. The molecule has 0 amide bonds. The van der Waals surface area contributed by atoms with E-state index in [-0.39, 0.29) is 30.5 Å². The minimum absolute atomic E-state index is 0. The van der Waals surface area contributed by atoms with Gasteiger partial charge in [-0.05, 0) is 18.6 Å². The maximum Gasteiger partial charge on any atom is 0.434 e. The molecule has 11 heteroatoms. The van der Waals surface area contributed by atoms with E-state index in [4.69, 9.17) is 9.47 Å². The summed E-state index contributed by atoms with van der Waals surface area (Å²) in [5, 5.41) is 7.45. The smallest absolute Gasteiger partial charge is 0.434 e. The Morgan fingerprint density at radius 3 is 2.57 bits per heavy atom. The molecular formula is C19H26F3IN4O2S. The fraction of sp³-hybridized carbons (Fsp3) is 0.474. The van der Waals surface area contributed by atoms with E-state index in [1.54, 1.807) is 14.2 Å². The molecule has 0 saturated carbocycles. The second kappa shape index (κ2) is 13.0. The van der Waals surface area contributed by atoms with Crippen molar-refractivity contribution in [3.63, 3.8) is 0 Å². The third kappa shape index (κ3) is 8.64. The van der Waals surface area contributed by atoms with Crippen LogP contribution in [0.15, 0.2) is 28.6 Å². The van der Waals surface area contributed by atoms with E-state index < -0.39 is 11.9 Å². The second-order valence-corrected chi connectivity index (χ2v) is 7.15. The van der Waals surface area contributed by atoms with Crippen LogP contribution in [-0.4, -0.2) is 38.3 Å². The number of rotatable bonds is 9. The zero-order valence-corrected chi connectivity index (χ0v) is 20.2. The lowest BCUT2D eigenvalue weighted by molar-refractivity contribution is -0.140. The van der Waals surface area contributed by atoms with Gasteiger partial charge in [0.1, 0.15) is 10.8 Å². The van der Waals surface area contributed by atoms with E-state index in [0.717, 1.165) is 40.0 Å². The minimum Gasteiger partial charge on any atom is -0.493 e. The number of aromatic nitrogens is 1. The van der Waals surface area contributed by atoms with Gasteiger partial charge in [-0.3, -0.25) is 4.99 Å². The lowest BCUT2D eigenvalue weighted by atomic mass is 10.1. The summed E-state index contributed by atoms with van der Waals surface area (Å²) in [5.74, 6) is 1.23. The largest absolute Gasteiger partial charge is 0.493 e. The predicted octanol–water partition coefficient (Wildman–Crippen LogP) is 4.37. The molecule has 0 spiro atoms. The van der Waals surface area contributed by atoms with Crippen LogP contribution in [0.4, 0.5) is 13.2 Å². The van der Waals surface area contributed by atoms with Crippen molar-refractivity contribution in [2.75, 3.05) is 27.4 Å². The predicted molar refractivity (Wildman–Crippen MR) is 123 cm³/mol. The van der Waals surface area contributed by atoms with Crippen LogP contribution < -0.4 is 15.4 Å². The van der Waals surface area contributed by atoms with E-state index in [1.807, 2.05) is 25.1 Å². The number of hydrogen-bond acceptors (Lipinski definition) is 5. The summed E-state index contributed by atoms with van der Waals surface area (Å²) in [6.45, 7) is 3.76. The Labute approximate surface area is 195 Å². The molecule has 0 atom stereocenters. The van der Waals surface area contributed by atoms with Crippen LogP contribution in [0.1, 0.15) is 28.2 Å². The highest BCUT2D eigenvalue weighted by Crippen LogP contribution is 2.29. The van der Waals surface area contributed by atoms with Gasteiger partial charge in [-0.25, -0.2) is 4.98 Å². The third-order valence-corrected chi connectivity index (χ3v) is 4.74. The number of thiazole rings is 1. The van der Waals surface area contributed by atoms with Crippen LogP contribution in [0.2, 0.25) is 0 Å². The van der Waals surface area contributed by atoms with Crippen molar-refractivity contribution in [3.05, 3.63) is 45.4 Å². The third-order valence-electron chi connectivity index (χ3n) is 3.89. The average Bonchev–Trinajstić information content (AvgIpc) is 3.16. The van der Waals surface area contributed by atoms with Crippen LogP contribution in [0, 0.1) is 6.92 Å². The van der Waals surface area contributed by atoms with Gasteiger partial charge in [0.15, 0.2) is 11.7 Å². The number of aliphatic imine (C=N–C) groups is 1. The number of benzene rings is 1. The molecule has 2 rings (SSSR count). The molecule has 0 radical (unpaired) electrons. The van der Waals surface area contributed by atoms with Crippen molar-refractivity contribution in [1.82, 2.24) is 15.6 Å². The van der Waals surface area contributed by atoms with Crippen molar-refractivity contribution in [3.8, 4) is 5.75 Å². The summed E-state index contributed by atoms with van der Waals surface area (Å²) in [7, 11) is 3.24. The average molecular weight is 558 g/mol. The number of alkyl halides is 3. The molecule has 0 unspecified atom stereocenters. The van der Waals surface area contributed by atoms with Crippen LogP contribution in [0.5, 0.6) is 5.75 Å². The molecule has 0 aliphatic carbocycles. The van der Waals surface area contributed by atoms with E-state index in [2.05, 4.69) is 20.6 Å². The Hall–Kier alpha value is -1.60. The van der Waals surface area contributed by atoms with Crippen LogP contribution >= 0.6 is 35.3 Å². The van der Waals surface area contributed by atoms with E-state index in [0.29, 0.717) is 30.7 Å². The molecule has 1 aromatic heterocycles. The normalized spacial score (nSPS) is 11.7. The topological polar surface area (TPSA) is 67.8 Å². The lowest BCUT2D eigenvalue weighted by Crippen LogP contribution is -2.36. The van der Waals surface area contributed by atoms with E-state index >= 15 is 0 Å². The molecule has 168 valence electrons. The number of methoxy groups -OCH3 is 1. The van der Waals surface area contributed by atoms with Gasteiger partial charge in [-0.15, -0.1) is 35.3 Å². The van der Waals surface area contributed by atoms with Gasteiger partial charge < -0.3 is 20.1 Å². The molecule has 1 aromatic carbocycles. The monoisotopic (exact) mass is 558 g/mol. The Balaban J connectivity index is 0.00000450. The first-order chi connectivity index (χ1) is 13.8. The highest BCUT2D eigenvalue weighted by atomic mass is 127. The van der Waals surface area contributed by atoms with Gasteiger partial charge in [-0.1, -0.05) is 12.1 Å². The van der Waals surface area contributed by atoms with Crippen molar-refractivity contribution >= 4 is 41.3 Å². The SMILES string of the molecule is CN=C(NCc1nc(C(F)(F)F)cs1)NCc1ccc(C)cc1OCCCOC.I. The van der Waals surface area contributed by atoms with Gasteiger partial charge >= 0.3 is 6.18 Å². The Bertz CT molecular complexity index is 815. The Morgan fingerprint density at radius 2 is 1.93 bits per heavy atom. The molecule has 1 heterocycles. The summed E-state index contributed by atoms with van der Waals surface area (Å²) in [6, 6.07) is 5.93. The number of nitrogens with zero attached hydrogens (tertiary/aromatic N) is 2. The molecule has 0 aliphatic heterocycles. The maximum atomic E-state index is 12.6. The Morgan fingerprint density at radius 1 is 1.20 bits per heavy atom. The molecule has 6 nitrogen and oxygen atoms in total. The van der Waals surface area contributed by atoms with Crippen LogP contribution in [0.25, 0.3) is 0 Å². The first kappa shape index (κ1) is 26.4. The fourth-order valence-corrected chi connectivity index (χ4v) is 3.15. The van der Waals surface area contributed by atoms with Gasteiger partial charge in [0.25, 0.3) is 0 Å². The number of ether oxygens (including phenoxy) is 2. The van der Waals surface area contributed by atoms with Gasteiger partial charge in [0.2, 0.25) is 0 Å². The number of hydrogen-bond donors (Lipinski definition) is 2. The van der Waals surface area contributed by atoms with Crippen molar-refractivity contribution in [1.29, 1.82) is 0 Å². The maximum absolute atomic E-state index is 12.6. The zero-order chi connectivity index (χ0) is 21.3. The van der Waals surface area contributed by atoms with Gasteiger partial charge in [-0.2, -0.15) is 13.2 Å². The van der Waals surface area contributed by atoms with Crippen LogP contribution in [0.3, 0.4) is 0 Å². The second-order valence-electron chi connectivity index (χ2n) is 6.21. The molecule has 0 fully saturated rings. The van der Waals surface area contributed by atoms with Crippen molar-refractivity contribution in [2.24, 2.45) is 4.99 Å². The fourth-order valence-electron chi connectivity index (χ4n) is 2.41. The Kier molecular flexibility index (Phi) is 11.4. The minimum atomic E-state index is -4.43. The van der Waals surface area contributed by atoms with Gasteiger partial charge in [0, 0.05) is 44.7 Å². The van der Waals surface area contributed by atoms with E-state index in [9.17, 15) is 13.2 Å². The summed E-state index contributed by atoms with van der Waals surface area (Å²) < 4.78 is 48.8. The summed E-state index contributed by atoms with van der Waals surface area (Å²) in [4.78, 5) is 7.70. The molecule has 2 N–H and O–H groups in total. The number of guanidine groups is 1. The zero-order valence-electron chi connectivity index (χ0n) is 17.0. The van der Waals surface area contributed by atoms with Crippen molar-refractivity contribution in [2.45, 2.75) is 32.6 Å². The first-order valence-electron chi connectivity index (χ1n) is 9.01. The highest BCUT2D eigenvalue weighted by Gasteiger charge is 2.33. The number of halogens is 4. The first-order valence-corrected chi connectivity index (χ1v) is 9.89. The molecular weight excluding hydrogens is 532 g/mol. The molecule has 30 heavy (non-hydrogen) atoms. The lowest BCUT2D eigenvalue weighted by Gasteiger charge is -2.15. The molecule has 2 aromatic rings. The van der Waals surface area contributed by atoms with Gasteiger partial charge in [0.05, 0.1) is 13.2 Å².